The summed E-state index contributed by atoms with van der Waals surface area (Å²) < 4.78 is 9.01. The van der Waals surface area contributed by atoms with Crippen LogP contribution < -0.4 is 10.9 Å². The second kappa shape index (κ2) is 11.2. The van der Waals surface area contributed by atoms with E-state index in [1.807, 2.05) is 55.5 Å². The molecule has 1 N–H and O–H groups in total. The average Bonchev–Trinajstić information content (AvgIpc) is 3.31. The Bertz CT molecular complexity index is 1910. The first-order valence-electron chi connectivity index (χ1n) is 14.2. The van der Waals surface area contributed by atoms with Crippen molar-refractivity contribution in [3.63, 3.8) is 0 Å². The molecule has 6 rings (SSSR count). The van der Waals surface area contributed by atoms with Crippen molar-refractivity contribution in [2.75, 3.05) is 0 Å². The number of benzene rings is 2. The van der Waals surface area contributed by atoms with E-state index in [1.54, 1.807) is 34.5 Å². The third-order valence-electron chi connectivity index (χ3n) is 7.58. The van der Waals surface area contributed by atoms with E-state index >= 15 is 0 Å². The zero-order valence-corrected chi connectivity index (χ0v) is 24.0. The molecule has 3 atom stereocenters. The van der Waals surface area contributed by atoms with E-state index in [0.29, 0.717) is 44.9 Å². The van der Waals surface area contributed by atoms with Crippen LogP contribution in [0, 0.1) is 24.7 Å². The lowest BCUT2D eigenvalue weighted by atomic mass is 9.93. The molecular weight excluding hydrogens is 528 g/mol. The average molecular weight is 561 g/mol. The molecule has 212 valence electrons. The van der Waals surface area contributed by atoms with Gasteiger partial charge in [-0.1, -0.05) is 36.1 Å². The summed E-state index contributed by atoms with van der Waals surface area (Å²) in [7, 11) is 0. The highest BCUT2D eigenvalue weighted by Crippen LogP contribution is 2.25. The summed E-state index contributed by atoms with van der Waals surface area (Å²) in [5.41, 5.74) is 2.97. The van der Waals surface area contributed by atoms with Crippen molar-refractivity contribution in [2.45, 2.75) is 58.8 Å². The summed E-state index contributed by atoms with van der Waals surface area (Å²) >= 11 is 0. The van der Waals surface area contributed by atoms with Gasteiger partial charge in [0, 0.05) is 23.9 Å². The Morgan fingerprint density at radius 1 is 1.07 bits per heavy atom. The zero-order valence-electron chi connectivity index (χ0n) is 24.0. The lowest BCUT2D eigenvalue weighted by Crippen LogP contribution is -2.33. The van der Waals surface area contributed by atoms with Crippen molar-refractivity contribution >= 4 is 22.5 Å². The van der Waals surface area contributed by atoms with Crippen LogP contribution in [-0.2, 0) is 4.74 Å². The lowest BCUT2D eigenvalue weighted by Gasteiger charge is -2.29. The summed E-state index contributed by atoms with van der Waals surface area (Å²) in [5.74, 6) is 6.95. The molecule has 3 aromatic heterocycles. The summed E-state index contributed by atoms with van der Waals surface area (Å²) in [4.78, 5) is 37.1. The van der Waals surface area contributed by atoms with Gasteiger partial charge in [-0.15, -0.1) is 0 Å². The predicted octanol–water partition coefficient (Wildman–Crippen LogP) is 4.78. The van der Waals surface area contributed by atoms with Gasteiger partial charge in [-0.2, -0.15) is 5.10 Å². The molecule has 1 fully saturated rings. The van der Waals surface area contributed by atoms with E-state index in [4.69, 9.17) is 9.72 Å². The van der Waals surface area contributed by atoms with Crippen molar-refractivity contribution in [3.05, 3.63) is 100.0 Å². The maximum atomic E-state index is 14.3. The van der Waals surface area contributed by atoms with Crippen LogP contribution in [0.1, 0.15) is 67.1 Å². The summed E-state index contributed by atoms with van der Waals surface area (Å²) in [5, 5.41) is 7.89. The molecule has 5 aromatic rings. The minimum absolute atomic E-state index is 0.150. The Labute approximate surface area is 243 Å². The first-order valence-corrected chi connectivity index (χ1v) is 14.2. The molecule has 4 heterocycles. The minimum Gasteiger partial charge on any atom is -0.375 e. The molecule has 2 aromatic carbocycles. The van der Waals surface area contributed by atoms with Gasteiger partial charge < -0.3 is 10.1 Å². The molecule has 42 heavy (non-hydrogen) atoms. The highest BCUT2D eigenvalue weighted by molar-refractivity contribution is 6.01. The Morgan fingerprint density at radius 3 is 2.60 bits per heavy atom. The van der Waals surface area contributed by atoms with Gasteiger partial charge in [0.15, 0.2) is 5.65 Å². The molecule has 0 bridgehead atoms. The number of aromatic nitrogens is 5. The normalized spacial score (nSPS) is 19.3. The molecule has 1 amide bonds. The molecule has 0 saturated carbocycles. The van der Waals surface area contributed by atoms with Crippen LogP contribution in [-0.4, -0.2) is 42.3 Å². The number of carbonyl (C=O) groups excluding carboxylic acids is 1. The molecule has 1 aliphatic rings. The number of nitrogens with zero attached hydrogens (tertiary/aromatic N) is 5. The van der Waals surface area contributed by atoms with E-state index in [9.17, 15) is 9.59 Å². The lowest BCUT2D eigenvalue weighted by molar-refractivity contribution is -0.0419. The van der Waals surface area contributed by atoms with Gasteiger partial charge in [0.25, 0.3) is 11.5 Å². The topological polar surface area (TPSA) is 103 Å². The van der Waals surface area contributed by atoms with Crippen molar-refractivity contribution < 1.29 is 9.53 Å². The van der Waals surface area contributed by atoms with Crippen LogP contribution in [0.25, 0.3) is 22.2 Å². The maximum Gasteiger partial charge on any atom is 0.267 e. The number of ether oxygens (including phenoxy) is 1. The van der Waals surface area contributed by atoms with Crippen molar-refractivity contribution in [1.82, 2.24) is 29.5 Å². The molecule has 9 nitrogen and oxygen atoms in total. The molecule has 0 spiro atoms. The summed E-state index contributed by atoms with van der Waals surface area (Å²) in [6.45, 7) is 7.72. The van der Waals surface area contributed by atoms with E-state index in [1.165, 1.54) is 0 Å². The molecule has 0 aliphatic carbocycles. The fraction of sp³-hybridized carbons (Fsp3) is 0.303. The number of rotatable bonds is 4. The van der Waals surface area contributed by atoms with E-state index in [0.717, 1.165) is 12.8 Å². The van der Waals surface area contributed by atoms with E-state index in [-0.39, 0.29) is 29.6 Å². The SMILES string of the molecule is Cc1nn2cccnc2c1C(=O)NC(C)c1nc2cccc(C#CC3CC(C)OC(C)C3)c2c(=O)n1-c1ccccc1. The van der Waals surface area contributed by atoms with Crippen LogP contribution in [0.5, 0.6) is 0 Å². The van der Waals surface area contributed by atoms with Gasteiger partial charge in [0.05, 0.1) is 40.5 Å². The third-order valence-corrected chi connectivity index (χ3v) is 7.58. The van der Waals surface area contributed by atoms with Crippen molar-refractivity contribution in [3.8, 4) is 17.5 Å². The minimum atomic E-state index is -0.618. The zero-order chi connectivity index (χ0) is 29.4. The third kappa shape index (κ3) is 5.17. The second-order valence-corrected chi connectivity index (χ2v) is 10.9. The second-order valence-electron chi connectivity index (χ2n) is 10.9. The van der Waals surface area contributed by atoms with Gasteiger partial charge in [-0.3, -0.25) is 14.2 Å². The largest absolute Gasteiger partial charge is 0.375 e. The standard InChI is InChI=1S/C33H32N6O3/c1-20-18-24(19-21(2)42-20)14-15-25-10-8-13-27-29(25)33(41)39(26-11-6-5-7-12-26)30(36-27)23(4)35-32(40)28-22(3)37-38-17-9-16-34-31(28)38/h5-13,16-17,20-21,23-24H,18-19H2,1-4H3,(H,35,40). The smallest absolute Gasteiger partial charge is 0.267 e. The van der Waals surface area contributed by atoms with Crippen molar-refractivity contribution in [1.29, 1.82) is 0 Å². The number of aryl methyl sites for hydroxylation is 1. The highest BCUT2D eigenvalue weighted by Gasteiger charge is 2.25. The molecular formula is C33H32N6O3. The molecule has 0 radical (unpaired) electrons. The quantitative estimate of drug-likeness (QED) is 0.317. The van der Waals surface area contributed by atoms with Crippen LogP contribution in [0.4, 0.5) is 0 Å². The Hall–Kier alpha value is -4.81. The Morgan fingerprint density at radius 2 is 1.83 bits per heavy atom. The van der Waals surface area contributed by atoms with E-state index < -0.39 is 6.04 Å². The van der Waals surface area contributed by atoms with Crippen LogP contribution in [0.3, 0.4) is 0 Å². The number of hydrogen-bond donors (Lipinski definition) is 1. The monoisotopic (exact) mass is 560 g/mol. The van der Waals surface area contributed by atoms with Gasteiger partial charge in [-0.05, 0) is 70.9 Å². The van der Waals surface area contributed by atoms with Gasteiger partial charge >= 0.3 is 0 Å². The van der Waals surface area contributed by atoms with Crippen LogP contribution in [0.2, 0.25) is 0 Å². The van der Waals surface area contributed by atoms with Crippen LogP contribution in [0.15, 0.2) is 71.8 Å². The number of carbonyl (C=O) groups is 1. The van der Waals surface area contributed by atoms with E-state index in [2.05, 4.69) is 41.1 Å². The number of hydrogen-bond acceptors (Lipinski definition) is 6. The summed E-state index contributed by atoms with van der Waals surface area (Å²) in [6, 6.07) is 16.0. The Balaban J connectivity index is 1.43. The van der Waals surface area contributed by atoms with Gasteiger partial charge in [-0.25, -0.2) is 14.5 Å². The molecule has 9 heteroatoms. The van der Waals surface area contributed by atoms with Gasteiger partial charge in [0.1, 0.15) is 11.4 Å². The fourth-order valence-electron chi connectivity index (χ4n) is 5.77. The van der Waals surface area contributed by atoms with Gasteiger partial charge in [0.2, 0.25) is 0 Å². The predicted molar refractivity (Wildman–Crippen MR) is 161 cm³/mol. The molecule has 1 aliphatic heterocycles. The van der Waals surface area contributed by atoms with Crippen LogP contribution >= 0.6 is 0 Å². The fourth-order valence-corrected chi connectivity index (χ4v) is 5.77. The molecule has 1 saturated heterocycles. The van der Waals surface area contributed by atoms with Crippen molar-refractivity contribution in [2.24, 2.45) is 5.92 Å². The number of para-hydroxylation sites is 1. The maximum absolute atomic E-state index is 14.3. The summed E-state index contributed by atoms with van der Waals surface area (Å²) in [6.07, 6.45) is 5.39. The highest BCUT2D eigenvalue weighted by atomic mass is 16.5. The Kier molecular flexibility index (Phi) is 7.31. The first-order chi connectivity index (χ1) is 20.3. The first kappa shape index (κ1) is 27.4. The number of fused-ring (bicyclic) bond motifs is 2. The number of amides is 1. The number of nitrogens with one attached hydrogen (secondary N) is 1. The molecule has 3 unspecified atom stereocenters.